The van der Waals surface area contributed by atoms with Gasteiger partial charge in [-0.2, -0.15) is 0 Å². The maximum atomic E-state index is 6.28. The molecule has 20 heavy (non-hydrogen) atoms. The van der Waals surface area contributed by atoms with Crippen LogP contribution in [0.15, 0.2) is 18.5 Å². The summed E-state index contributed by atoms with van der Waals surface area (Å²) in [5.41, 5.74) is 1.54. The van der Waals surface area contributed by atoms with Crippen molar-refractivity contribution >= 4 is 11.6 Å². The zero-order chi connectivity index (χ0) is 14.8. The third-order valence-corrected chi connectivity index (χ3v) is 5.30. The Morgan fingerprint density at radius 1 is 1.35 bits per heavy atom. The quantitative estimate of drug-likeness (QED) is 0.922. The van der Waals surface area contributed by atoms with Crippen molar-refractivity contribution in [1.82, 2.24) is 15.2 Å². The summed E-state index contributed by atoms with van der Waals surface area (Å²) in [5.74, 6) is 0. The topological polar surface area (TPSA) is 28.2 Å². The minimum Gasteiger partial charge on any atom is -0.308 e. The van der Waals surface area contributed by atoms with Crippen LogP contribution in [0.3, 0.4) is 0 Å². The minimum absolute atomic E-state index is 0.182. The summed E-state index contributed by atoms with van der Waals surface area (Å²) in [5, 5.41) is 4.50. The van der Waals surface area contributed by atoms with E-state index in [2.05, 4.69) is 42.9 Å². The zero-order valence-electron chi connectivity index (χ0n) is 13.0. The van der Waals surface area contributed by atoms with Gasteiger partial charge < -0.3 is 5.32 Å². The lowest BCUT2D eigenvalue weighted by molar-refractivity contribution is 0.0104. The minimum atomic E-state index is 0.182. The first-order valence-electron chi connectivity index (χ1n) is 7.51. The van der Waals surface area contributed by atoms with Gasteiger partial charge in [-0.25, -0.2) is 0 Å². The molecule has 1 saturated heterocycles. The standard InChI is InChI=1S/C16H26ClN3/c1-5-15(3)12-20(16(4,6-2)11-19-15)10-13-7-8-18-9-14(13)17/h7-9,19H,5-6,10-12H2,1-4H3. The van der Waals surface area contributed by atoms with Crippen molar-refractivity contribution in [1.29, 1.82) is 0 Å². The number of hydrogen-bond acceptors (Lipinski definition) is 3. The third-order valence-electron chi connectivity index (χ3n) is 4.96. The first-order valence-corrected chi connectivity index (χ1v) is 7.89. The predicted octanol–water partition coefficient (Wildman–Crippen LogP) is 3.48. The largest absolute Gasteiger partial charge is 0.308 e. The van der Waals surface area contributed by atoms with Crippen molar-refractivity contribution in [2.45, 2.75) is 58.2 Å². The molecule has 1 aromatic rings. The van der Waals surface area contributed by atoms with Gasteiger partial charge in [0.2, 0.25) is 0 Å². The fraction of sp³-hybridized carbons (Fsp3) is 0.688. The van der Waals surface area contributed by atoms with Gasteiger partial charge >= 0.3 is 0 Å². The fourth-order valence-corrected chi connectivity index (χ4v) is 2.93. The average Bonchev–Trinajstić information content (AvgIpc) is 2.46. The van der Waals surface area contributed by atoms with Gasteiger partial charge in [0.15, 0.2) is 0 Å². The van der Waals surface area contributed by atoms with E-state index in [4.69, 9.17) is 11.6 Å². The van der Waals surface area contributed by atoms with E-state index in [0.29, 0.717) is 0 Å². The maximum Gasteiger partial charge on any atom is 0.0634 e. The van der Waals surface area contributed by atoms with Gasteiger partial charge in [0.25, 0.3) is 0 Å². The first-order chi connectivity index (χ1) is 9.42. The molecule has 2 unspecified atom stereocenters. The van der Waals surface area contributed by atoms with Crippen molar-refractivity contribution in [3.63, 3.8) is 0 Å². The van der Waals surface area contributed by atoms with Gasteiger partial charge in [0.1, 0.15) is 0 Å². The van der Waals surface area contributed by atoms with Gasteiger partial charge in [-0.15, -0.1) is 0 Å². The molecule has 1 aliphatic heterocycles. The van der Waals surface area contributed by atoms with Crippen LogP contribution in [-0.2, 0) is 6.54 Å². The molecule has 1 aliphatic rings. The molecule has 0 amide bonds. The van der Waals surface area contributed by atoms with Crippen LogP contribution in [0.25, 0.3) is 0 Å². The Balaban J connectivity index is 2.22. The molecular weight excluding hydrogens is 270 g/mol. The zero-order valence-corrected chi connectivity index (χ0v) is 13.8. The Morgan fingerprint density at radius 3 is 2.70 bits per heavy atom. The van der Waals surface area contributed by atoms with Gasteiger partial charge in [0, 0.05) is 43.1 Å². The molecule has 1 fully saturated rings. The highest BCUT2D eigenvalue weighted by Gasteiger charge is 2.40. The van der Waals surface area contributed by atoms with Crippen LogP contribution in [0.4, 0.5) is 0 Å². The van der Waals surface area contributed by atoms with E-state index in [1.807, 2.05) is 12.3 Å². The van der Waals surface area contributed by atoms with Crippen LogP contribution < -0.4 is 5.32 Å². The summed E-state index contributed by atoms with van der Waals surface area (Å²) in [7, 11) is 0. The molecule has 0 bridgehead atoms. The summed E-state index contributed by atoms with van der Waals surface area (Å²) >= 11 is 6.28. The van der Waals surface area contributed by atoms with Crippen molar-refractivity contribution in [2.24, 2.45) is 0 Å². The molecule has 0 spiro atoms. The van der Waals surface area contributed by atoms with E-state index < -0.39 is 0 Å². The fourth-order valence-electron chi connectivity index (χ4n) is 2.75. The van der Waals surface area contributed by atoms with Gasteiger partial charge in [-0.05, 0) is 38.3 Å². The van der Waals surface area contributed by atoms with E-state index in [1.54, 1.807) is 6.20 Å². The van der Waals surface area contributed by atoms with Crippen LogP contribution >= 0.6 is 11.6 Å². The number of pyridine rings is 1. The molecule has 3 nitrogen and oxygen atoms in total. The number of halogens is 1. The van der Waals surface area contributed by atoms with Gasteiger partial charge in [-0.3, -0.25) is 9.88 Å². The highest BCUT2D eigenvalue weighted by molar-refractivity contribution is 6.31. The van der Waals surface area contributed by atoms with Crippen molar-refractivity contribution < 1.29 is 0 Å². The molecule has 1 N–H and O–H groups in total. The monoisotopic (exact) mass is 295 g/mol. The van der Waals surface area contributed by atoms with Crippen molar-refractivity contribution in [2.75, 3.05) is 13.1 Å². The molecule has 0 aromatic carbocycles. The predicted molar refractivity (Wildman–Crippen MR) is 85.1 cm³/mol. The molecule has 0 aliphatic carbocycles. The molecule has 0 radical (unpaired) electrons. The van der Waals surface area contributed by atoms with Crippen LogP contribution in [0.2, 0.25) is 5.02 Å². The highest BCUT2D eigenvalue weighted by atomic mass is 35.5. The Bertz CT molecular complexity index is 465. The van der Waals surface area contributed by atoms with Crippen LogP contribution in [-0.4, -0.2) is 34.1 Å². The molecule has 112 valence electrons. The second kappa shape index (κ2) is 6.00. The lowest BCUT2D eigenvalue weighted by Crippen LogP contribution is -2.67. The van der Waals surface area contributed by atoms with Crippen LogP contribution in [0.1, 0.15) is 46.1 Å². The molecule has 1 aromatic heterocycles. The van der Waals surface area contributed by atoms with E-state index in [-0.39, 0.29) is 11.1 Å². The van der Waals surface area contributed by atoms with Crippen molar-refractivity contribution in [3.05, 3.63) is 29.0 Å². The first kappa shape index (κ1) is 15.7. The molecule has 0 saturated carbocycles. The second-order valence-electron chi connectivity index (χ2n) is 6.44. The van der Waals surface area contributed by atoms with E-state index in [9.17, 15) is 0 Å². The Kier molecular flexibility index (Phi) is 4.73. The molecule has 2 atom stereocenters. The Morgan fingerprint density at radius 2 is 2.10 bits per heavy atom. The Labute approximate surface area is 127 Å². The number of nitrogens with zero attached hydrogens (tertiary/aromatic N) is 2. The Hall–Kier alpha value is -0.640. The number of aromatic nitrogens is 1. The highest BCUT2D eigenvalue weighted by Crippen LogP contribution is 2.31. The lowest BCUT2D eigenvalue weighted by Gasteiger charge is -2.52. The van der Waals surface area contributed by atoms with Crippen LogP contribution in [0.5, 0.6) is 0 Å². The summed E-state index contributed by atoms with van der Waals surface area (Å²) in [6.45, 7) is 12.1. The summed E-state index contributed by atoms with van der Waals surface area (Å²) < 4.78 is 0. The molecule has 2 rings (SSSR count). The third kappa shape index (κ3) is 3.16. The van der Waals surface area contributed by atoms with E-state index in [1.165, 1.54) is 5.56 Å². The normalized spacial score (nSPS) is 31.4. The van der Waals surface area contributed by atoms with Crippen LogP contribution in [0, 0.1) is 0 Å². The number of rotatable bonds is 4. The SMILES string of the molecule is CCC1(C)CN(Cc2ccncc2Cl)C(C)(CC)CN1. The molecule has 2 heterocycles. The second-order valence-corrected chi connectivity index (χ2v) is 6.85. The van der Waals surface area contributed by atoms with Gasteiger partial charge in [-0.1, -0.05) is 25.4 Å². The van der Waals surface area contributed by atoms with Gasteiger partial charge in [0.05, 0.1) is 5.02 Å². The molecule has 4 heteroatoms. The lowest BCUT2D eigenvalue weighted by atomic mass is 9.85. The summed E-state index contributed by atoms with van der Waals surface area (Å²) in [6, 6.07) is 2.03. The van der Waals surface area contributed by atoms with E-state index >= 15 is 0 Å². The average molecular weight is 296 g/mol. The summed E-state index contributed by atoms with van der Waals surface area (Å²) in [6.07, 6.45) is 5.82. The smallest absolute Gasteiger partial charge is 0.0634 e. The number of nitrogens with one attached hydrogen (secondary N) is 1. The van der Waals surface area contributed by atoms with E-state index in [0.717, 1.165) is 37.5 Å². The maximum absolute atomic E-state index is 6.28. The van der Waals surface area contributed by atoms with Crippen molar-refractivity contribution in [3.8, 4) is 0 Å². The number of piperazine rings is 1. The number of hydrogen-bond donors (Lipinski definition) is 1. The summed E-state index contributed by atoms with van der Waals surface area (Å²) in [4.78, 5) is 6.65. The molecular formula is C16H26ClN3.